The lowest BCUT2D eigenvalue weighted by Crippen LogP contribution is -2.51. The van der Waals surface area contributed by atoms with Crippen LogP contribution in [0.5, 0.6) is 0 Å². The third kappa shape index (κ3) is 3.87. The van der Waals surface area contributed by atoms with Gasteiger partial charge in [0.1, 0.15) is 11.9 Å². The highest BCUT2D eigenvalue weighted by Crippen LogP contribution is 2.30. The van der Waals surface area contributed by atoms with E-state index in [1.807, 2.05) is 19.1 Å². The SMILES string of the molecule is CC[C@@H](O)C(=O)N1CCN(c2nc(-c3ccccc3C)nc3cc(C)ccc23)CC1. The fourth-order valence-corrected chi connectivity index (χ4v) is 3.93. The van der Waals surface area contributed by atoms with Gasteiger partial charge in [-0.3, -0.25) is 4.79 Å². The van der Waals surface area contributed by atoms with Gasteiger partial charge in [-0.1, -0.05) is 37.3 Å². The second-order valence-electron chi connectivity index (χ2n) is 7.94. The number of aromatic nitrogens is 2. The summed E-state index contributed by atoms with van der Waals surface area (Å²) in [5.74, 6) is 1.45. The van der Waals surface area contributed by atoms with Crippen molar-refractivity contribution in [2.75, 3.05) is 31.1 Å². The van der Waals surface area contributed by atoms with Crippen LogP contribution in [0.4, 0.5) is 5.82 Å². The zero-order valence-corrected chi connectivity index (χ0v) is 17.8. The highest BCUT2D eigenvalue weighted by atomic mass is 16.3. The van der Waals surface area contributed by atoms with Gasteiger partial charge in [0, 0.05) is 37.1 Å². The van der Waals surface area contributed by atoms with E-state index in [2.05, 4.69) is 49.1 Å². The number of amides is 1. The Morgan fingerprint density at radius 2 is 1.80 bits per heavy atom. The Balaban J connectivity index is 1.70. The van der Waals surface area contributed by atoms with Crippen LogP contribution in [0.1, 0.15) is 24.5 Å². The van der Waals surface area contributed by atoms with Gasteiger partial charge in [-0.05, 0) is 43.5 Å². The fraction of sp³-hybridized carbons (Fsp3) is 0.375. The van der Waals surface area contributed by atoms with E-state index in [-0.39, 0.29) is 5.91 Å². The molecule has 2 aromatic carbocycles. The van der Waals surface area contributed by atoms with Crippen molar-refractivity contribution < 1.29 is 9.90 Å². The predicted octanol–water partition coefficient (Wildman–Crippen LogP) is 3.33. The van der Waals surface area contributed by atoms with Crippen LogP contribution in [-0.4, -0.2) is 58.2 Å². The van der Waals surface area contributed by atoms with Crippen molar-refractivity contribution in [2.45, 2.75) is 33.3 Å². The molecule has 0 spiro atoms. The smallest absolute Gasteiger partial charge is 0.251 e. The first kappa shape index (κ1) is 20.3. The first-order chi connectivity index (χ1) is 14.5. The van der Waals surface area contributed by atoms with Crippen LogP contribution in [0.25, 0.3) is 22.3 Å². The number of aryl methyl sites for hydroxylation is 2. The largest absolute Gasteiger partial charge is 0.383 e. The highest BCUT2D eigenvalue weighted by Gasteiger charge is 2.27. The first-order valence-corrected chi connectivity index (χ1v) is 10.5. The van der Waals surface area contributed by atoms with Crippen molar-refractivity contribution in [2.24, 2.45) is 0 Å². The fourth-order valence-electron chi connectivity index (χ4n) is 3.93. The molecule has 1 N–H and O–H groups in total. The summed E-state index contributed by atoms with van der Waals surface area (Å²) in [6.07, 6.45) is -0.471. The molecule has 1 aliphatic rings. The summed E-state index contributed by atoms with van der Waals surface area (Å²) in [7, 11) is 0. The number of anilines is 1. The average Bonchev–Trinajstić information content (AvgIpc) is 2.77. The van der Waals surface area contributed by atoms with Gasteiger partial charge in [0.15, 0.2) is 5.82 Å². The highest BCUT2D eigenvalue weighted by molar-refractivity contribution is 5.92. The maximum atomic E-state index is 12.3. The molecule has 6 nitrogen and oxygen atoms in total. The molecule has 156 valence electrons. The number of benzene rings is 2. The van der Waals surface area contributed by atoms with Gasteiger partial charge in [-0.2, -0.15) is 0 Å². The normalized spacial score (nSPS) is 15.5. The van der Waals surface area contributed by atoms with Crippen molar-refractivity contribution in [1.29, 1.82) is 0 Å². The van der Waals surface area contributed by atoms with E-state index >= 15 is 0 Å². The van der Waals surface area contributed by atoms with E-state index in [0.717, 1.165) is 39.2 Å². The van der Waals surface area contributed by atoms with Crippen LogP contribution in [-0.2, 0) is 4.79 Å². The molecule has 0 unspecified atom stereocenters. The molecule has 2 heterocycles. The molecule has 0 radical (unpaired) electrons. The van der Waals surface area contributed by atoms with Gasteiger partial charge in [0.05, 0.1) is 5.52 Å². The topological polar surface area (TPSA) is 69.6 Å². The van der Waals surface area contributed by atoms with Gasteiger partial charge in [-0.25, -0.2) is 9.97 Å². The van der Waals surface area contributed by atoms with E-state index in [4.69, 9.17) is 9.97 Å². The lowest BCUT2D eigenvalue weighted by atomic mass is 10.1. The molecule has 1 fully saturated rings. The Morgan fingerprint density at radius 1 is 1.07 bits per heavy atom. The molecular weight excluding hydrogens is 376 g/mol. The number of piperazine rings is 1. The Kier molecular flexibility index (Phi) is 5.68. The Labute approximate surface area is 177 Å². The molecule has 1 saturated heterocycles. The minimum absolute atomic E-state index is 0.180. The number of fused-ring (bicyclic) bond motifs is 1. The minimum atomic E-state index is -0.910. The number of hydrogen-bond acceptors (Lipinski definition) is 5. The third-order valence-corrected chi connectivity index (χ3v) is 5.78. The Bertz CT molecular complexity index is 1070. The second kappa shape index (κ2) is 8.40. The minimum Gasteiger partial charge on any atom is -0.383 e. The standard InChI is InChI=1S/C24H28N4O2/c1-4-21(29)24(30)28-13-11-27(12-14-28)23-19-10-9-16(2)15-20(19)25-22(26-23)18-8-6-5-7-17(18)3/h5-10,15,21,29H,4,11-14H2,1-3H3/t21-/m1/s1. The van der Waals surface area contributed by atoms with E-state index in [9.17, 15) is 9.90 Å². The van der Waals surface area contributed by atoms with Gasteiger partial charge < -0.3 is 14.9 Å². The van der Waals surface area contributed by atoms with Crippen LogP contribution in [0, 0.1) is 13.8 Å². The Morgan fingerprint density at radius 3 is 2.50 bits per heavy atom. The van der Waals surface area contributed by atoms with E-state index in [1.165, 1.54) is 0 Å². The summed E-state index contributed by atoms with van der Waals surface area (Å²) in [5, 5.41) is 10.9. The zero-order valence-electron chi connectivity index (χ0n) is 17.8. The van der Waals surface area contributed by atoms with Crippen LogP contribution >= 0.6 is 0 Å². The number of hydrogen-bond donors (Lipinski definition) is 1. The summed E-state index contributed by atoms with van der Waals surface area (Å²) in [6.45, 7) is 8.46. The molecule has 30 heavy (non-hydrogen) atoms. The number of carbonyl (C=O) groups is 1. The third-order valence-electron chi connectivity index (χ3n) is 5.78. The summed E-state index contributed by atoms with van der Waals surface area (Å²) in [4.78, 5) is 26.1. The maximum Gasteiger partial charge on any atom is 0.251 e. The van der Waals surface area contributed by atoms with Crippen molar-refractivity contribution in [3.05, 3.63) is 53.6 Å². The van der Waals surface area contributed by atoms with Crippen LogP contribution in [0.3, 0.4) is 0 Å². The zero-order chi connectivity index (χ0) is 21.3. The van der Waals surface area contributed by atoms with Crippen molar-refractivity contribution >= 4 is 22.6 Å². The monoisotopic (exact) mass is 404 g/mol. The lowest BCUT2D eigenvalue weighted by molar-refractivity contribution is -0.140. The number of aliphatic hydroxyl groups is 1. The summed E-state index contributed by atoms with van der Waals surface area (Å²) >= 11 is 0. The molecule has 1 atom stereocenters. The van der Waals surface area contributed by atoms with Gasteiger partial charge >= 0.3 is 0 Å². The predicted molar refractivity (Wildman–Crippen MR) is 120 cm³/mol. The number of nitrogens with zero attached hydrogens (tertiary/aromatic N) is 4. The quantitative estimate of drug-likeness (QED) is 0.722. The molecule has 1 amide bonds. The lowest BCUT2D eigenvalue weighted by Gasteiger charge is -2.36. The molecule has 0 saturated carbocycles. The first-order valence-electron chi connectivity index (χ1n) is 10.5. The van der Waals surface area contributed by atoms with E-state index < -0.39 is 6.10 Å². The van der Waals surface area contributed by atoms with Gasteiger partial charge in [0.2, 0.25) is 0 Å². The van der Waals surface area contributed by atoms with Gasteiger partial charge in [0.25, 0.3) is 5.91 Å². The van der Waals surface area contributed by atoms with Crippen molar-refractivity contribution in [3.63, 3.8) is 0 Å². The maximum absolute atomic E-state index is 12.3. The molecule has 4 rings (SSSR count). The summed E-state index contributed by atoms with van der Waals surface area (Å²) < 4.78 is 0. The van der Waals surface area contributed by atoms with Crippen molar-refractivity contribution in [3.8, 4) is 11.4 Å². The second-order valence-corrected chi connectivity index (χ2v) is 7.94. The van der Waals surface area contributed by atoms with Gasteiger partial charge in [-0.15, -0.1) is 0 Å². The molecule has 0 bridgehead atoms. The molecule has 1 aliphatic heterocycles. The van der Waals surface area contributed by atoms with Crippen LogP contribution in [0.15, 0.2) is 42.5 Å². The molecular formula is C24H28N4O2. The van der Waals surface area contributed by atoms with E-state index in [0.29, 0.717) is 32.6 Å². The average molecular weight is 405 g/mol. The number of rotatable bonds is 4. The number of aliphatic hydroxyl groups excluding tert-OH is 1. The van der Waals surface area contributed by atoms with E-state index in [1.54, 1.807) is 4.90 Å². The van der Waals surface area contributed by atoms with Crippen LogP contribution < -0.4 is 4.90 Å². The molecule has 0 aliphatic carbocycles. The molecule has 3 aromatic rings. The molecule has 1 aromatic heterocycles. The number of carbonyl (C=O) groups excluding carboxylic acids is 1. The summed E-state index contributed by atoms with van der Waals surface area (Å²) in [5.41, 5.74) is 4.26. The van der Waals surface area contributed by atoms with Crippen LogP contribution in [0.2, 0.25) is 0 Å². The summed E-state index contributed by atoms with van der Waals surface area (Å²) in [6, 6.07) is 14.4. The molecule has 6 heteroatoms. The Hall–Kier alpha value is -2.99. The van der Waals surface area contributed by atoms with Crippen molar-refractivity contribution in [1.82, 2.24) is 14.9 Å².